The molecule has 5 rings (SSSR count). The average molecular weight is 517 g/mol. The van der Waals surface area contributed by atoms with E-state index in [0.29, 0.717) is 30.2 Å². The van der Waals surface area contributed by atoms with Crippen molar-refractivity contribution in [2.24, 2.45) is 0 Å². The van der Waals surface area contributed by atoms with Gasteiger partial charge in [-0.25, -0.2) is 9.59 Å². The van der Waals surface area contributed by atoms with Crippen LogP contribution in [0, 0.1) is 0 Å². The molecular formula is C30H29ClN2O4. The molecule has 1 fully saturated rings. The molecule has 1 saturated heterocycles. The van der Waals surface area contributed by atoms with E-state index in [2.05, 4.69) is 5.32 Å². The molecule has 2 bridgehead atoms. The summed E-state index contributed by atoms with van der Waals surface area (Å²) < 4.78 is 11.1. The predicted octanol–water partition coefficient (Wildman–Crippen LogP) is 5.99. The number of esters is 1. The van der Waals surface area contributed by atoms with Gasteiger partial charge in [0, 0.05) is 17.6 Å². The van der Waals surface area contributed by atoms with E-state index in [1.54, 1.807) is 12.1 Å². The highest BCUT2D eigenvalue weighted by atomic mass is 35.5. The first-order valence-electron chi connectivity index (χ1n) is 12.4. The van der Waals surface area contributed by atoms with Crippen LogP contribution in [0.2, 0.25) is 5.02 Å². The molecule has 1 N–H and O–H groups in total. The summed E-state index contributed by atoms with van der Waals surface area (Å²) in [4.78, 5) is 28.0. The number of carbonyl (C=O) groups excluding carboxylic acids is 2. The third-order valence-electron chi connectivity index (χ3n) is 7.05. The number of methoxy groups -OCH3 is 1. The van der Waals surface area contributed by atoms with Crippen LogP contribution in [0.25, 0.3) is 5.57 Å². The van der Waals surface area contributed by atoms with E-state index in [9.17, 15) is 9.59 Å². The molecule has 2 aliphatic rings. The molecule has 37 heavy (non-hydrogen) atoms. The van der Waals surface area contributed by atoms with Crippen LogP contribution in [-0.2, 0) is 22.7 Å². The third-order valence-corrected chi connectivity index (χ3v) is 7.30. The Morgan fingerprint density at radius 3 is 2.38 bits per heavy atom. The Kier molecular flexibility index (Phi) is 7.47. The number of fused-ring (bicyclic) bond motifs is 2. The van der Waals surface area contributed by atoms with E-state index in [1.165, 1.54) is 7.11 Å². The molecule has 0 aliphatic carbocycles. The van der Waals surface area contributed by atoms with Gasteiger partial charge >= 0.3 is 12.0 Å². The van der Waals surface area contributed by atoms with Crippen molar-refractivity contribution in [3.05, 3.63) is 106 Å². The minimum atomic E-state index is -0.389. The Morgan fingerprint density at radius 1 is 0.946 bits per heavy atom. The van der Waals surface area contributed by atoms with E-state index in [4.69, 9.17) is 21.1 Å². The largest absolute Gasteiger partial charge is 0.489 e. The highest BCUT2D eigenvalue weighted by molar-refractivity contribution is 6.30. The first-order valence-corrected chi connectivity index (χ1v) is 12.8. The van der Waals surface area contributed by atoms with Crippen molar-refractivity contribution >= 4 is 29.2 Å². The van der Waals surface area contributed by atoms with Gasteiger partial charge < -0.3 is 19.7 Å². The summed E-state index contributed by atoms with van der Waals surface area (Å²) >= 11 is 5.96. The van der Waals surface area contributed by atoms with E-state index in [1.807, 2.05) is 71.6 Å². The Labute approximate surface area is 221 Å². The molecule has 3 aromatic carbocycles. The topological polar surface area (TPSA) is 67.9 Å². The molecule has 2 atom stereocenters. The lowest BCUT2D eigenvalue weighted by Gasteiger charge is -2.37. The predicted molar refractivity (Wildman–Crippen MR) is 143 cm³/mol. The zero-order valence-electron chi connectivity index (χ0n) is 20.7. The fraction of sp³-hybridized carbons (Fsp3) is 0.267. The van der Waals surface area contributed by atoms with Crippen molar-refractivity contribution in [2.45, 2.75) is 44.5 Å². The number of nitrogens with one attached hydrogen (secondary N) is 1. The summed E-state index contributed by atoms with van der Waals surface area (Å²) in [6, 6.07) is 24.7. The normalized spacial score (nSPS) is 18.5. The van der Waals surface area contributed by atoms with Crippen LogP contribution >= 0.6 is 11.6 Å². The number of urea groups is 1. The first kappa shape index (κ1) is 24.9. The van der Waals surface area contributed by atoms with Gasteiger partial charge in [0.2, 0.25) is 0 Å². The second-order valence-corrected chi connectivity index (χ2v) is 9.76. The summed E-state index contributed by atoms with van der Waals surface area (Å²) in [5, 5.41) is 3.66. The van der Waals surface area contributed by atoms with Crippen molar-refractivity contribution < 1.29 is 19.1 Å². The van der Waals surface area contributed by atoms with Gasteiger partial charge in [-0.05, 0) is 65.8 Å². The number of carbonyl (C=O) groups is 2. The van der Waals surface area contributed by atoms with E-state index in [-0.39, 0.29) is 24.1 Å². The number of nitrogens with zero attached hydrogens (tertiary/aromatic N) is 1. The second-order valence-electron chi connectivity index (χ2n) is 9.33. The Balaban J connectivity index is 1.33. The first-order chi connectivity index (χ1) is 18.0. The minimum Gasteiger partial charge on any atom is -0.489 e. The molecule has 0 unspecified atom stereocenters. The Hall–Kier alpha value is -3.77. The molecule has 2 amide bonds. The minimum absolute atomic E-state index is 0.0210. The van der Waals surface area contributed by atoms with E-state index >= 15 is 0 Å². The van der Waals surface area contributed by atoms with Gasteiger partial charge in [-0.1, -0.05) is 66.2 Å². The maximum absolute atomic E-state index is 13.2. The van der Waals surface area contributed by atoms with Gasteiger partial charge in [0.15, 0.2) is 0 Å². The van der Waals surface area contributed by atoms with Crippen LogP contribution in [0.3, 0.4) is 0 Å². The summed E-state index contributed by atoms with van der Waals surface area (Å²) in [5.74, 6) is 0.370. The number of halogens is 1. The second kappa shape index (κ2) is 11.1. The van der Waals surface area contributed by atoms with Gasteiger partial charge in [-0.15, -0.1) is 0 Å². The van der Waals surface area contributed by atoms with Gasteiger partial charge in [0.25, 0.3) is 0 Å². The quantitative estimate of drug-likeness (QED) is 0.391. The Bertz CT molecular complexity index is 1290. The summed E-state index contributed by atoms with van der Waals surface area (Å²) in [5.41, 5.74) is 4.51. The number of rotatable bonds is 7. The number of amides is 2. The van der Waals surface area contributed by atoms with Gasteiger partial charge in [-0.2, -0.15) is 0 Å². The summed E-state index contributed by atoms with van der Waals surface area (Å²) in [6.45, 7) is 0.876. The fourth-order valence-electron chi connectivity index (χ4n) is 5.23. The molecule has 0 radical (unpaired) electrons. The summed E-state index contributed by atoms with van der Waals surface area (Å²) in [7, 11) is 1.39. The molecular weight excluding hydrogens is 488 g/mol. The number of benzene rings is 3. The van der Waals surface area contributed by atoms with Crippen molar-refractivity contribution in [1.29, 1.82) is 0 Å². The third kappa shape index (κ3) is 5.49. The van der Waals surface area contributed by atoms with Crippen LogP contribution in [-0.4, -0.2) is 36.1 Å². The number of hydrogen-bond donors (Lipinski definition) is 1. The number of ether oxygens (including phenoxy) is 2. The maximum Gasteiger partial charge on any atom is 0.336 e. The molecule has 2 heterocycles. The van der Waals surface area contributed by atoms with Gasteiger partial charge in [0.05, 0.1) is 18.7 Å². The lowest BCUT2D eigenvalue weighted by molar-refractivity contribution is -0.136. The molecule has 7 heteroatoms. The maximum atomic E-state index is 13.2. The standard InChI is InChI=1S/C30H29ClN2O4/c1-36-29(34)28-26(22-9-14-25(15-10-22)37-19-21-5-3-2-4-6-21)17-24-13-16-27(28)33(24)30(35)32-18-20-7-11-23(31)12-8-20/h2-12,14-15,24,27H,13,16-19H2,1H3,(H,32,35)/t24-,27+/m0/s1. The highest BCUT2D eigenvalue weighted by Crippen LogP contribution is 2.43. The van der Waals surface area contributed by atoms with Crippen molar-refractivity contribution in [1.82, 2.24) is 10.2 Å². The van der Waals surface area contributed by atoms with Crippen LogP contribution in [0.1, 0.15) is 36.0 Å². The van der Waals surface area contributed by atoms with Crippen LogP contribution < -0.4 is 10.1 Å². The van der Waals surface area contributed by atoms with Gasteiger partial charge in [0.1, 0.15) is 12.4 Å². The van der Waals surface area contributed by atoms with Gasteiger partial charge in [-0.3, -0.25) is 0 Å². The molecule has 6 nitrogen and oxygen atoms in total. The monoisotopic (exact) mass is 516 g/mol. The zero-order valence-corrected chi connectivity index (χ0v) is 21.4. The fourth-order valence-corrected chi connectivity index (χ4v) is 5.35. The molecule has 0 saturated carbocycles. The lowest BCUT2D eigenvalue weighted by atomic mass is 9.88. The van der Waals surface area contributed by atoms with Crippen LogP contribution in [0.5, 0.6) is 5.75 Å². The molecule has 190 valence electrons. The molecule has 2 aliphatic heterocycles. The van der Waals surface area contributed by atoms with Crippen molar-refractivity contribution in [3.63, 3.8) is 0 Å². The van der Waals surface area contributed by atoms with E-state index in [0.717, 1.165) is 40.9 Å². The summed E-state index contributed by atoms with van der Waals surface area (Å²) in [6.07, 6.45) is 2.16. The molecule has 3 aromatic rings. The number of hydrogen-bond acceptors (Lipinski definition) is 4. The van der Waals surface area contributed by atoms with Crippen molar-refractivity contribution in [2.75, 3.05) is 7.11 Å². The van der Waals surface area contributed by atoms with Crippen molar-refractivity contribution in [3.8, 4) is 5.75 Å². The van der Waals surface area contributed by atoms with Crippen LogP contribution in [0.15, 0.2) is 84.4 Å². The average Bonchev–Trinajstić information content (AvgIpc) is 3.25. The molecule has 0 aromatic heterocycles. The Morgan fingerprint density at radius 2 is 1.68 bits per heavy atom. The highest BCUT2D eigenvalue weighted by Gasteiger charge is 2.46. The van der Waals surface area contributed by atoms with Crippen LogP contribution in [0.4, 0.5) is 4.79 Å². The zero-order chi connectivity index (χ0) is 25.8. The lowest BCUT2D eigenvalue weighted by Crippen LogP contribution is -2.50. The van der Waals surface area contributed by atoms with E-state index < -0.39 is 0 Å². The SMILES string of the molecule is COC(=O)C1=C(c2ccc(OCc3ccccc3)cc2)C[C@@H]2CC[C@H]1N2C(=O)NCc1ccc(Cl)cc1. The smallest absolute Gasteiger partial charge is 0.336 e. The molecule has 0 spiro atoms.